The number of aliphatic hydroxyl groups is 1. The fourth-order valence-electron chi connectivity index (χ4n) is 3.42. The first-order chi connectivity index (χ1) is 11.8. The first kappa shape index (κ1) is 15.6. The van der Waals surface area contributed by atoms with E-state index in [0.29, 0.717) is 19.2 Å². The Balaban J connectivity index is 1.36. The topological polar surface area (TPSA) is 61.4 Å². The maximum Gasteiger partial charge on any atom is 0.128 e. The standard InChI is InChI=1S/C18H21N3O2S/c22-13(11-21-9-2-4-16(21)18-20-8-10-24-18)12-23-17-5-1-3-15-14(17)6-7-19-15/h1,3,5-8,10,13,16,19,22H,2,4,9,11-12H2. The summed E-state index contributed by atoms with van der Waals surface area (Å²) in [5.41, 5.74) is 1.05. The number of rotatable bonds is 6. The van der Waals surface area contributed by atoms with Gasteiger partial charge in [0.1, 0.15) is 23.5 Å². The van der Waals surface area contributed by atoms with Gasteiger partial charge in [0, 0.05) is 35.2 Å². The third-order valence-electron chi connectivity index (χ3n) is 4.53. The second kappa shape index (κ2) is 6.93. The van der Waals surface area contributed by atoms with Gasteiger partial charge < -0.3 is 14.8 Å². The molecule has 6 heteroatoms. The van der Waals surface area contributed by atoms with Gasteiger partial charge in [0.2, 0.25) is 0 Å². The minimum atomic E-state index is -0.514. The number of likely N-dealkylation sites (tertiary alicyclic amines) is 1. The van der Waals surface area contributed by atoms with Gasteiger partial charge in [-0.05, 0) is 37.6 Å². The molecule has 0 spiro atoms. The quantitative estimate of drug-likeness (QED) is 0.721. The van der Waals surface area contributed by atoms with Crippen molar-refractivity contribution in [2.24, 2.45) is 0 Å². The molecule has 1 aliphatic heterocycles. The van der Waals surface area contributed by atoms with Gasteiger partial charge in [-0.3, -0.25) is 4.90 Å². The molecule has 4 rings (SSSR count). The largest absolute Gasteiger partial charge is 0.490 e. The average Bonchev–Trinajstić information content (AvgIpc) is 3.32. The Hall–Kier alpha value is -1.89. The highest BCUT2D eigenvalue weighted by Gasteiger charge is 2.29. The Morgan fingerprint density at radius 3 is 3.25 bits per heavy atom. The van der Waals surface area contributed by atoms with E-state index in [4.69, 9.17) is 4.74 Å². The predicted molar refractivity (Wildman–Crippen MR) is 95.5 cm³/mol. The van der Waals surface area contributed by atoms with Gasteiger partial charge in [-0.2, -0.15) is 0 Å². The monoisotopic (exact) mass is 343 g/mol. The van der Waals surface area contributed by atoms with Crippen molar-refractivity contribution in [3.63, 3.8) is 0 Å². The average molecular weight is 343 g/mol. The highest BCUT2D eigenvalue weighted by molar-refractivity contribution is 7.09. The summed E-state index contributed by atoms with van der Waals surface area (Å²) in [6, 6.07) is 8.25. The van der Waals surface area contributed by atoms with Crippen LogP contribution in [0.3, 0.4) is 0 Å². The van der Waals surface area contributed by atoms with Crippen LogP contribution in [0.4, 0.5) is 0 Å². The Kier molecular flexibility index (Phi) is 4.51. The van der Waals surface area contributed by atoms with Crippen LogP contribution in [0.1, 0.15) is 23.9 Å². The number of hydrogen-bond donors (Lipinski definition) is 2. The third kappa shape index (κ3) is 3.17. The van der Waals surface area contributed by atoms with E-state index in [1.807, 2.05) is 42.0 Å². The van der Waals surface area contributed by atoms with Crippen LogP contribution in [0.25, 0.3) is 10.9 Å². The van der Waals surface area contributed by atoms with Crippen molar-refractivity contribution < 1.29 is 9.84 Å². The molecule has 0 aliphatic carbocycles. The SMILES string of the molecule is OC(COc1cccc2[nH]ccc12)CN1CCCC1c1nccs1. The lowest BCUT2D eigenvalue weighted by Crippen LogP contribution is -2.35. The lowest BCUT2D eigenvalue weighted by atomic mass is 10.2. The van der Waals surface area contributed by atoms with Gasteiger partial charge in [0.15, 0.2) is 0 Å². The lowest BCUT2D eigenvalue weighted by Gasteiger charge is -2.25. The number of aromatic nitrogens is 2. The molecule has 1 fully saturated rings. The molecule has 0 bridgehead atoms. The molecule has 1 aromatic carbocycles. The van der Waals surface area contributed by atoms with E-state index < -0.39 is 6.10 Å². The van der Waals surface area contributed by atoms with E-state index in [9.17, 15) is 5.11 Å². The van der Waals surface area contributed by atoms with Crippen LogP contribution in [0.2, 0.25) is 0 Å². The molecule has 2 atom stereocenters. The van der Waals surface area contributed by atoms with Gasteiger partial charge in [0.05, 0.1) is 6.04 Å². The van der Waals surface area contributed by atoms with Crippen LogP contribution >= 0.6 is 11.3 Å². The number of ether oxygens (including phenoxy) is 1. The number of aliphatic hydroxyl groups excluding tert-OH is 1. The minimum absolute atomic E-state index is 0.297. The normalized spacial score (nSPS) is 19.8. The third-order valence-corrected chi connectivity index (χ3v) is 5.41. The van der Waals surface area contributed by atoms with E-state index in [1.165, 1.54) is 0 Å². The van der Waals surface area contributed by atoms with E-state index in [2.05, 4.69) is 14.9 Å². The molecule has 2 N–H and O–H groups in total. The fourth-order valence-corrected chi connectivity index (χ4v) is 4.22. The second-order valence-electron chi connectivity index (χ2n) is 6.18. The Labute approximate surface area is 144 Å². The molecular weight excluding hydrogens is 322 g/mol. The molecular formula is C18H21N3O2S. The number of aromatic amines is 1. The van der Waals surface area contributed by atoms with E-state index in [1.54, 1.807) is 11.3 Å². The molecule has 126 valence electrons. The minimum Gasteiger partial charge on any atom is -0.490 e. The molecule has 3 heterocycles. The van der Waals surface area contributed by atoms with Crippen molar-refractivity contribution >= 4 is 22.2 Å². The van der Waals surface area contributed by atoms with Gasteiger partial charge in [-0.25, -0.2) is 4.98 Å². The molecule has 3 aromatic rings. The molecule has 0 radical (unpaired) electrons. The summed E-state index contributed by atoms with van der Waals surface area (Å²) < 4.78 is 5.87. The summed E-state index contributed by atoms with van der Waals surface area (Å²) in [5.74, 6) is 0.811. The van der Waals surface area contributed by atoms with Crippen LogP contribution < -0.4 is 4.74 Å². The van der Waals surface area contributed by atoms with E-state index in [-0.39, 0.29) is 0 Å². The zero-order chi connectivity index (χ0) is 16.4. The molecule has 2 aromatic heterocycles. The van der Waals surface area contributed by atoms with Crippen LogP contribution in [0.15, 0.2) is 42.0 Å². The number of thiazole rings is 1. The maximum absolute atomic E-state index is 10.4. The van der Waals surface area contributed by atoms with Crippen molar-refractivity contribution in [1.82, 2.24) is 14.9 Å². The van der Waals surface area contributed by atoms with E-state index >= 15 is 0 Å². The first-order valence-corrected chi connectivity index (χ1v) is 9.19. The zero-order valence-electron chi connectivity index (χ0n) is 13.4. The molecule has 0 amide bonds. The van der Waals surface area contributed by atoms with Crippen LogP contribution in [-0.4, -0.2) is 45.8 Å². The van der Waals surface area contributed by atoms with Gasteiger partial charge in [0.25, 0.3) is 0 Å². The van der Waals surface area contributed by atoms with Crippen molar-refractivity contribution in [2.45, 2.75) is 25.0 Å². The van der Waals surface area contributed by atoms with Crippen LogP contribution in [-0.2, 0) is 0 Å². The van der Waals surface area contributed by atoms with Gasteiger partial charge in [-0.1, -0.05) is 6.07 Å². The van der Waals surface area contributed by atoms with Crippen LogP contribution in [0, 0.1) is 0 Å². The maximum atomic E-state index is 10.4. The van der Waals surface area contributed by atoms with Crippen molar-refractivity contribution in [1.29, 1.82) is 0 Å². The van der Waals surface area contributed by atoms with Crippen molar-refractivity contribution in [3.8, 4) is 5.75 Å². The number of benzene rings is 1. The van der Waals surface area contributed by atoms with Crippen LogP contribution in [0.5, 0.6) is 5.75 Å². The summed E-state index contributed by atoms with van der Waals surface area (Å²) in [7, 11) is 0. The Bertz CT molecular complexity index is 787. The highest BCUT2D eigenvalue weighted by atomic mass is 32.1. The summed E-state index contributed by atoms with van der Waals surface area (Å²) in [4.78, 5) is 9.93. The summed E-state index contributed by atoms with van der Waals surface area (Å²) >= 11 is 1.69. The van der Waals surface area contributed by atoms with E-state index in [0.717, 1.165) is 41.0 Å². The molecule has 24 heavy (non-hydrogen) atoms. The zero-order valence-corrected chi connectivity index (χ0v) is 14.2. The van der Waals surface area contributed by atoms with Gasteiger partial charge >= 0.3 is 0 Å². The Morgan fingerprint density at radius 1 is 1.42 bits per heavy atom. The number of hydrogen-bond acceptors (Lipinski definition) is 5. The second-order valence-corrected chi connectivity index (χ2v) is 7.11. The predicted octanol–water partition coefficient (Wildman–Crippen LogP) is 3.20. The number of nitrogens with one attached hydrogen (secondary N) is 1. The molecule has 5 nitrogen and oxygen atoms in total. The summed E-state index contributed by atoms with van der Waals surface area (Å²) in [6.07, 6.45) is 5.51. The number of β-amino-alcohol motifs (C(OH)–C–C–N with tert-alkyl or cyclic N) is 1. The molecule has 1 saturated heterocycles. The molecule has 2 unspecified atom stereocenters. The number of nitrogens with zero attached hydrogens (tertiary/aromatic N) is 2. The Morgan fingerprint density at radius 2 is 2.38 bits per heavy atom. The number of fused-ring (bicyclic) bond motifs is 1. The van der Waals surface area contributed by atoms with Crippen molar-refractivity contribution in [3.05, 3.63) is 47.0 Å². The first-order valence-electron chi connectivity index (χ1n) is 8.31. The smallest absolute Gasteiger partial charge is 0.128 e. The molecule has 1 aliphatic rings. The van der Waals surface area contributed by atoms with Gasteiger partial charge in [-0.15, -0.1) is 11.3 Å². The number of H-pyrrole nitrogens is 1. The molecule has 0 saturated carbocycles. The van der Waals surface area contributed by atoms with Crippen molar-refractivity contribution in [2.75, 3.05) is 19.7 Å². The fraction of sp³-hybridized carbons (Fsp3) is 0.389. The summed E-state index contributed by atoms with van der Waals surface area (Å²) in [6.45, 7) is 1.92. The highest BCUT2D eigenvalue weighted by Crippen LogP contribution is 2.33. The summed E-state index contributed by atoms with van der Waals surface area (Å²) in [5, 5.41) is 14.6. The lowest BCUT2D eigenvalue weighted by molar-refractivity contribution is 0.0643.